The van der Waals surface area contributed by atoms with E-state index in [-0.39, 0.29) is 11.5 Å². The van der Waals surface area contributed by atoms with Crippen LogP contribution in [0.15, 0.2) is 47.2 Å². The van der Waals surface area contributed by atoms with Crippen molar-refractivity contribution in [3.8, 4) is 0 Å². The molecule has 0 saturated carbocycles. The summed E-state index contributed by atoms with van der Waals surface area (Å²) in [7, 11) is 1.60. The number of aliphatic carboxylic acids is 1. The summed E-state index contributed by atoms with van der Waals surface area (Å²) in [5.41, 5.74) is 6.45. The largest absolute Gasteiger partial charge is 0.500 e. The van der Waals surface area contributed by atoms with Crippen molar-refractivity contribution < 1.29 is 14.6 Å². The second-order valence-corrected chi connectivity index (χ2v) is 11.0. The molecule has 5 atom stereocenters. The minimum Gasteiger partial charge on any atom is -0.500 e. The lowest BCUT2D eigenvalue weighted by Crippen LogP contribution is -2.65. The fraction of sp³-hybridized carbons (Fsp3) is 0.542. The Labute approximate surface area is 194 Å². The number of hydrogen-bond acceptors (Lipinski definition) is 4. The van der Waals surface area contributed by atoms with Crippen LogP contribution in [0.4, 0.5) is 0 Å². The van der Waals surface area contributed by atoms with Crippen molar-refractivity contribution in [2.24, 2.45) is 16.6 Å². The van der Waals surface area contributed by atoms with E-state index < -0.39 is 28.9 Å². The van der Waals surface area contributed by atoms with Gasteiger partial charge < -0.3 is 15.6 Å². The second-order valence-electron chi connectivity index (χ2n) is 10.1. The third-order valence-electron chi connectivity index (χ3n) is 6.79. The molecule has 1 aromatic rings. The number of carboxylic acid groups (broad SMARTS) is 1. The van der Waals surface area contributed by atoms with Crippen molar-refractivity contribution in [1.29, 1.82) is 0 Å². The fourth-order valence-electron chi connectivity index (χ4n) is 5.31. The normalized spacial score (nSPS) is 33.6. The van der Waals surface area contributed by atoms with Gasteiger partial charge in [0.1, 0.15) is 11.8 Å². The Morgan fingerprint density at radius 3 is 2.58 bits per heavy atom. The van der Waals surface area contributed by atoms with Crippen molar-refractivity contribution in [2.75, 3.05) is 7.11 Å². The van der Waals surface area contributed by atoms with Crippen molar-refractivity contribution in [2.45, 2.75) is 64.1 Å². The van der Waals surface area contributed by atoms with Crippen LogP contribution >= 0.6 is 23.2 Å². The van der Waals surface area contributed by atoms with Crippen LogP contribution in [0, 0.1) is 10.8 Å². The van der Waals surface area contributed by atoms with E-state index in [1.54, 1.807) is 19.3 Å². The molecule has 5 nitrogen and oxygen atoms in total. The molecule has 0 radical (unpaired) electrons. The summed E-state index contributed by atoms with van der Waals surface area (Å²) < 4.78 is 5.79. The van der Waals surface area contributed by atoms with Gasteiger partial charge in [0, 0.05) is 27.4 Å². The Kier molecular flexibility index (Phi) is 6.56. The average molecular weight is 467 g/mol. The molecule has 0 amide bonds. The van der Waals surface area contributed by atoms with Gasteiger partial charge in [0.2, 0.25) is 0 Å². The number of carboxylic acids is 1. The summed E-state index contributed by atoms with van der Waals surface area (Å²) in [5.74, 6) is -0.821. The van der Waals surface area contributed by atoms with Gasteiger partial charge in [-0.1, -0.05) is 69.1 Å². The SMILES string of the molecule is COC1=CC(Cl)=CC[C@]1(C)[C@@]1(N)[C@H](CC(C)(C)C)N[C@H](C(=O)O)[C@@H]1c1cccc(Cl)c1. The quantitative estimate of drug-likeness (QED) is 0.565. The topological polar surface area (TPSA) is 84.6 Å². The van der Waals surface area contributed by atoms with Gasteiger partial charge in [-0.25, -0.2) is 0 Å². The monoisotopic (exact) mass is 466 g/mol. The van der Waals surface area contributed by atoms with Crippen molar-refractivity contribution in [3.63, 3.8) is 0 Å². The third-order valence-corrected chi connectivity index (χ3v) is 7.29. The zero-order valence-electron chi connectivity index (χ0n) is 18.7. The number of allylic oxidation sites excluding steroid dienone is 3. The van der Waals surface area contributed by atoms with Crippen molar-refractivity contribution in [1.82, 2.24) is 5.32 Å². The van der Waals surface area contributed by atoms with Gasteiger partial charge in [-0.05, 0) is 42.0 Å². The number of methoxy groups -OCH3 is 1. The van der Waals surface area contributed by atoms with Gasteiger partial charge in [0.15, 0.2) is 0 Å². The maximum atomic E-state index is 12.4. The van der Waals surface area contributed by atoms with Crippen molar-refractivity contribution >= 4 is 29.2 Å². The van der Waals surface area contributed by atoms with Crippen LogP contribution in [0.1, 0.15) is 52.0 Å². The molecule has 31 heavy (non-hydrogen) atoms. The molecule has 0 unspecified atom stereocenters. The summed E-state index contributed by atoms with van der Waals surface area (Å²) in [6.07, 6.45) is 4.94. The van der Waals surface area contributed by atoms with Crippen LogP contribution in [-0.2, 0) is 9.53 Å². The molecule has 1 fully saturated rings. The number of nitrogens with two attached hydrogens (primary N) is 1. The highest BCUT2D eigenvalue weighted by molar-refractivity contribution is 6.31. The van der Waals surface area contributed by atoms with E-state index in [9.17, 15) is 9.90 Å². The minimum absolute atomic E-state index is 0.0793. The van der Waals surface area contributed by atoms with Crippen LogP contribution in [0.25, 0.3) is 0 Å². The number of benzene rings is 1. The Hall–Kier alpha value is -1.53. The minimum atomic E-state index is -0.996. The van der Waals surface area contributed by atoms with E-state index in [4.69, 9.17) is 33.7 Å². The number of hydrogen-bond donors (Lipinski definition) is 3. The van der Waals surface area contributed by atoms with Gasteiger partial charge in [0.25, 0.3) is 0 Å². The molecular formula is C24H32Cl2N2O3. The lowest BCUT2D eigenvalue weighted by atomic mass is 9.56. The van der Waals surface area contributed by atoms with Gasteiger partial charge in [-0.2, -0.15) is 0 Å². The molecule has 1 aliphatic carbocycles. The average Bonchev–Trinajstić information content (AvgIpc) is 2.96. The van der Waals surface area contributed by atoms with Crippen LogP contribution in [0.5, 0.6) is 0 Å². The zero-order chi connectivity index (χ0) is 23.2. The molecule has 1 aliphatic heterocycles. The molecule has 1 aromatic carbocycles. The first-order valence-electron chi connectivity index (χ1n) is 10.5. The van der Waals surface area contributed by atoms with E-state index in [2.05, 4.69) is 26.1 Å². The highest BCUT2D eigenvalue weighted by atomic mass is 35.5. The maximum Gasteiger partial charge on any atom is 0.321 e. The molecule has 7 heteroatoms. The van der Waals surface area contributed by atoms with E-state index in [0.29, 0.717) is 28.7 Å². The molecular weight excluding hydrogens is 435 g/mol. The molecule has 1 heterocycles. The first kappa shape index (κ1) is 24.1. The predicted octanol–water partition coefficient (Wildman–Crippen LogP) is 5.05. The van der Waals surface area contributed by atoms with Gasteiger partial charge in [-0.3, -0.25) is 10.1 Å². The Morgan fingerprint density at radius 2 is 2.03 bits per heavy atom. The molecule has 0 aromatic heterocycles. The van der Waals surface area contributed by atoms with Gasteiger partial charge >= 0.3 is 5.97 Å². The highest BCUT2D eigenvalue weighted by Crippen LogP contribution is 2.56. The van der Waals surface area contributed by atoms with E-state index >= 15 is 0 Å². The summed E-state index contributed by atoms with van der Waals surface area (Å²) in [6.45, 7) is 8.43. The standard InChI is InChI=1S/C24H32Cl2N2O3/c1-22(2,3)13-17-24(27,23(4)10-9-16(26)12-18(23)31-5)19(20(28-17)21(29)30)14-7-6-8-15(25)11-14/h6-9,11-12,17,19-20,28H,10,13,27H2,1-5H3,(H,29,30)/t17-,19-,20-,23-,24+/m0/s1. The molecule has 3 rings (SSSR count). The van der Waals surface area contributed by atoms with E-state index in [1.807, 2.05) is 31.2 Å². The Bertz CT molecular complexity index is 924. The number of carbonyl (C=O) groups is 1. The van der Waals surface area contributed by atoms with Crippen LogP contribution in [0.2, 0.25) is 5.02 Å². The Balaban J connectivity index is 2.27. The number of halogens is 2. The van der Waals surface area contributed by atoms with Crippen molar-refractivity contribution in [3.05, 3.63) is 57.8 Å². The summed E-state index contributed by atoms with van der Waals surface area (Å²) in [5, 5.41) is 14.7. The van der Waals surface area contributed by atoms with E-state index in [0.717, 1.165) is 5.56 Å². The van der Waals surface area contributed by atoms with Gasteiger partial charge in [-0.15, -0.1) is 0 Å². The Morgan fingerprint density at radius 1 is 1.35 bits per heavy atom. The summed E-state index contributed by atoms with van der Waals surface area (Å²) in [6, 6.07) is 6.18. The number of nitrogens with one attached hydrogen (secondary N) is 1. The predicted molar refractivity (Wildman–Crippen MR) is 125 cm³/mol. The maximum absolute atomic E-state index is 12.4. The lowest BCUT2D eigenvalue weighted by Gasteiger charge is -2.52. The van der Waals surface area contributed by atoms with Crippen LogP contribution in [0.3, 0.4) is 0 Å². The smallest absolute Gasteiger partial charge is 0.321 e. The molecule has 4 N–H and O–H groups in total. The first-order chi connectivity index (χ1) is 14.3. The third kappa shape index (κ3) is 4.25. The number of ether oxygens (including phenoxy) is 1. The second kappa shape index (κ2) is 8.43. The van der Waals surface area contributed by atoms with E-state index in [1.165, 1.54) is 0 Å². The highest BCUT2D eigenvalue weighted by Gasteiger charge is 2.65. The molecule has 1 saturated heterocycles. The first-order valence-corrected chi connectivity index (χ1v) is 11.2. The molecule has 0 spiro atoms. The zero-order valence-corrected chi connectivity index (χ0v) is 20.2. The molecule has 2 aliphatic rings. The van der Waals surface area contributed by atoms with Crippen LogP contribution in [-0.4, -0.2) is 35.8 Å². The summed E-state index contributed by atoms with van der Waals surface area (Å²) in [4.78, 5) is 12.4. The molecule has 0 bridgehead atoms. The number of rotatable bonds is 5. The summed E-state index contributed by atoms with van der Waals surface area (Å²) >= 11 is 12.6. The van der Waals surface area contributed by atoms with Crippen LogP contribution < -0.4 is 11.1 Å². The van der Waals surface area contributed by atoms with Gasteiger partial charge in [0.05, 0.1) is 12.6 Å². The molecule has 170 valence electrons. The fourth-order valence-corrected chi connectivity index (χ4v) is 5.69. The lowest BCUT2D eigenvalue weighted by molar-refractivity contribution is -0.139.